The molecule has 24 heavy (non-hydrogen) atoms. The van der Waals surface area contributed by atoms with Crippen LogP contribution in [0.3, 0.4) is 0 Å². The lowest BCUT2D eigenvalue weighted by Gasteiger charge is -2.16. The van der Waals surface area contributed by atoms with Crippen molar-refractivity contribution in [1.29, 1.82) is 0 Å². The molecular formula is C18H19N3O3. The van der Waals surface area contributed by atoms with Gasteiger partial charge in [0.15, 0.2) is 6.61 Å². The number of anilines is 1. The van der Waals surface area contributed by atoms with Crippen molar-refractivity contribution in [3.8, 4) is 5.75 Å². The van der Waals surface area contributed by atoms with Crippen LogP contribution < -0.4 is 15.0 Å². The molecular weight excluding hydrogens is 306 g/mol. The van der Waals surface area contributed by atoms with Gasteiger partial charge in [0.25, 0.3) is 5.91 Å². The molecule has 1 aliphatic heterocycles. The largest absolute Gasteiger partial charge is 0.484 e. The third-order valence-corrected chi connectivity index (χ3v) is 3.81. The summed E-state index contributed by atoms with van der Waals surface area (Å²) in [6, 6.07) is 11.0. The van der Waals surface area contributed by atoms with Crippen molar-refractivity contribution in [2.45, 2.75) is 19.4 Å². The molecule has 3 rings (SSSR count). The Bertz CT molecular complexity index is 718. The molecule has 0 aliphatic carbocycles. The van der Waals surface area contributed by atoms with Crippen LogP contribution >= 0.6 is 0 Å². The Kier molecular flexibility index (Phi) is 5.05. The summed E-state index contributed by atoms with van der Waals surface area (Å²) in [6.45, 7) is 1.10. The van der Waals surface area contributed by atoms with Gasteiger partial charge in [-0.25, -0.2) is 0 Å². The van der Waals surface area contributed by atoms with E-state index in [4.69, 9.17) is 4.74 Å². The van der Waals surface area contributed by atoms with Crippen molar-refractivity contribution < 1.29 is 14.3 Å². The molecule has 1 fully saturated rings. The van der Waals surface area contributed by atoms with Gasteiger partial charge in [0, 0.05) is 43.7 Å². The van der Waals surface area contributed by atoms with E-state index in [1.54, 1.807) is 29.4 Å². The minimum atomic E-state index is -0.200. The molecule has 2 heterocycles. The van der Waals surface area contributed by atoms with Crippen molar-refractivity contribution in [2.24, 2.45) is 0 Å². The molecule has 1 aromatic heterocycles. The lowest BCUT2D eigenvalue weighted by atomic mass is 10.2. The number of aromatic nitrogens is 1. The molecule has 1 aliphatic rings. The summed E-state index contributed by atoms with van der Waals surface area (Å²) >= 11 is 0. The molecule has 0 atom stereocenters. The summed E-state index contributed by atoms with van der Waals surface area (Å²) in [5.41, 5.74) is 1.79. The van der Waals surface area contributed by atoms with Gasteiger partial charge in [-0.3, -0.25) is 14.6 Å². The minimum absolute atomic E-state index is 0.0670. The second-order valence-corrected chi connectivity index (χ2v) is 5.57. The van der Waals surface area contributed by atoms with E-state index in [9.17, 15) is 9.59 Å². The molecule has 2 aromatic rings. The van der Waals surface area contributed by atoms with Crippen molar-refractivity contribution in [3.05, 3.63) is 54.4 Å². The molecule has 0 bridgehead atoms. The number of rotatable bonds is 6. The van der Waals surface area contributed by atoms with Crippen LogP contribution in [0.4, 0.5) is 5.69 Å². The summed E-state index contributed by atoms with van der Waals surface area (Å²) in [4.78, 5) is 29.3. The number of benzene rings is 1. The van der Waals surface area contributed by atoms with Crippen LogP contribution in [0.2, 0.25) is 0 Å². The van der Waals surface area contributed by atoms with Gasteiger partial charge >= 0.3 is 0 Å². The van der Waals surface area contributed by atoms with E-state index in [-0.39, 0.29) is 18.4 Å². The maximum Gasteiger partial charge on any atom is 0.258 e. The van der Waals surface area contributed by atoms with E-state index in [0.29, 0.717) is 18.7 Å². The summed E-state index contributed by atoms with van der Waals surface area (Å²) in [5, 5.41) is 2.79. The van der Waals surface area contributed by atoms with Crippen LogP contribution in [0.1, 0.15) is 18.4 Å². The second-order valence-electron chi connectivity index (χ2n) is 5.57. The molecule has 2 amide bonds. The number of carbonyl (C=O) groups excluding carboxylic acids is 2. The Morgan fingerprint density at radius 1 is 1.25 bits per heavy atom. The predicted molar refractivity (Wildman–Crippen MR) is 89.6 cm³/mol. The molecule has 6 heteroatoms. The maximum absolute atomic E-state index is 11.9. The molecule has 0 spiro atoms. The van der Waals surface area contributed by atoms with E-state index >= 15 is 0 Å². The summed E-state index contributed by atoms with van der Waals surface area (Å²) in [5.74, 6) is 0.503. The zero-order valence-electron chi connectivity index (χ0n) is 13.3. The monoisotopic (exact) mass is 325 g/mol. The number of ether oxygens (including phenoxy) is 1. The van der Waals surface area contributed by atoms with Gasteiger partial charge in [-0.2, -0.15) is 0 Å². The second kappa shape index (κ2) is 7.59. The third-order valence-electron chi connectivity index (χ3n) is 3.81. The molecule has 1 aromatic carbocycles. The first-order valence-electron chi connectivity index (χ1n) is 7.91. The minimum Gasteiger partial charge on any atom is -0.484 e. The van der Waals surface area contributed by atoms with E-state index in [2.05, 4.69) is 10.3 Å². The Balaban J connectivity index is 1.51. The number of hydrogen-bond acceptors (Lipinski definition) is 4. The fourth-order valence-electron chi connectivity index (χ4n) is 2.56. The molecule has 0 saturated carbocycles. The number of pyridine rings is 1. The number of nitrogens with zero attached hydrogens (tertiary/aromatic N) is 2. The van der Waals surface area contributed by atoms with E-state index < -0.39 is 0 Å². The average Bonchev–Trinajstić information content (AvgIpc) is 3.05. The molecule has 0 radical (unpaired) electrons. The fraction of sp³-hybridized carbons (Fsp3) is 0.278. The number of amides is 2. The van der Waals surface area contributed by atoms with Gasteiger partial charge in [-0.15, -0.1) is 0 Å². The Labute approximate surface area is 140 Å². The predicted octanol–water partition coefficient (Wildman–Crippen LogP) is 1.90. The van der Waals surface area contributed by atoms with Gasteiger partial charge in [0.1, 0.15) is 5.75 Å². The zero-order chi connectivity index (χ0) is 16.8. The Hall–Kier alpha value is -2.89. The SMILES string of the molecule is O=C(COc1cccc(N2CCCC2=O)c1)NCc1ccncc1. The lowest BCUT2D eigenvalue weighted by molar-refractivity contribution is -0.123. The average molecular weight is 325 g/mol. The fourth-order valence-corrected chi connectivity index (χ4v) is 2.56. The summed E-state index contributed by atoms with van der Waals surface area (Å²) in [6.07, 6.45) is 4.83. The van der Waals surface area contributed by atoms with Crippen LogP contribution in [-0.2, 0) is 16.1 Å². The third kappa shape index (κ3) is 4.10. The molecule has 1 N–H and O–H groups in total. The van der Waals surface area contributed by atoms with E-state index in [1.807, 2.05) is 24.3 Å². The van der Waals surface area contributed by atoms with Crippen LogP contribution in [0.5, 0.6) is 5.75 Å². The quantitative estimate of drug-likeness (QED) is 0.880. The van der Waals surface area contributed by atoms with Crippen molar-refractivity contribution in [2.75, 3.05) is 18.1 Å². The summed E-state index contributed by atoms with van der Waals surface area (Å²) in [7, 11) is 0. The first kappa shape index (κ1) is 16.0. The molecule has 6 nitrogen and oxygen atoms in total. The summed E-state index contributed by atoms with van der Waals surface area (Å²) < 4.78 is 5.53. The standard InChI is InChI=1S/C18H19N3O3/c22-17(20-12-14-6-8-19-9-7-14)13-24-16-4-1-3-15(11-16)21-10-2-5-18(21)23/h1,3-4,6-9,11H,2,5,10,12-13H2,(H,20,22). The van der Waals surface area contributed by atoms with Crippen LogP contribution in [0.15, 0.2) is 48.8 Å². The zero-order valence-corrected chi connectivity index (χ0v) is 13.3. The van der Waals surface area contributed by atoms with E-state index in [1.165, 1.54) is 0 Å². The normalized spacial score (nSPS) is 13.8. The highest BCUT2D eigenvalue weighted by Crippen LogP contribution is 2.25. The van der Waals surface area contributed by atoms with Gasteiger partial charge in [0.05, 0.1) is 0 Å². The number of carbonyl (C=O) groups is 2. The highest BCUT2D eigenvalue weighted by Gasteiger charge is 2.21. The van der Waals surface area contributed by atoms with Gasteiger partial charge < -0.3 is 15.0 Å². The first-order chi connectivity index (χ1) is 11.7. The van der Waals surface area contributed by atoms with Crippen molar-refractivity contribution in [1.82, 2.24) is 10.3 Å². The topological polar surface area (TPSA) is 71.5 Å². The lowest BCUT2D eigenvalue weighted by Crippen LogP contribution is -2.28. The van der Waals surface area contributed by atoms with Crippen LogP contribution in [0, 0.1) is 0 Å². The highest BCUT2D eigenvalue weighted by molar-refractivity contribution is 5.95. The smallest absolute Gasteiger partial charge is 0.258 e. The van der Waals surface area contributed by atoms with Gasteiger partial charge in [0.2, 0.25) is 5.91 Å². The van der Waals surface area contributed by atoms with Gasteiger partial charge in [-0.05, 0) is 36.2 Å². The highest BCUT2D eigenvalue weighted by atomic mass is 16.5. The van der Waals surface area contributed by atoms with Crippen LogP contribution in [-0.4, -0.2) is 29.9 Å². The Morgan fingerprint density at radius 2 is 2.08 bits per heavy atom. The Morgan fingerprint density at radius 3 is 2.83 bits per heavy atom. The number of nitrogens with one attached hydrogen (secondary N) is 1. The molecule has 1 saturated heterocycles. The van der Waals surface area contributed by atoms with Crippen molar-refractivity contribution in [3.63, 3.8) is 0 Å². The maximum atomic E-state index is 11.9. The molecule has 124 valence electrons. The first-order valence-corrected chi connectivity index (χ1v) is 7.91. The van der Waals surface area contributed by atoms with Gasteiger partial charge in [-0.1, -0.05) is 6.07 Å². The van der Waals surface area contributed by atoms with Crippen molar-refractivity contribution >= 4 is 17.5 Å². The molecule has 0 unspecified atom stereocenters. The van der Waals surface area contributed by atoms with E-state index in [0.717, 1.165) is 24.2 Å². The van der Waals surface area contributed by atoms with Crippen LogP contribution in [0.25, 0.3) is 0 Å². The number of hydrogen-bond donors (Lipinski definition) is 1.